The van der Waals surface area contributed by atoms with Crippen LogP contribution in [0.25, 0.3) is 38.9 Å². The number of fused-ring (bicyclic) bond motifs is 2. The van der Waals surface area contributed by atoms with E-state index < -0.39 is 0 Å². The molecule has 0 atom stereocenters. The van der Waals surface area contributed by atoms with E-state index in [1.165, 1.54) is 11.3 Å². The Morgan fingerprint density at radius 2 is 1.67 bits per heavy atom. The molecule has 1 fully saturated rings. The van der Waals surface area contributed by atoms with E-state index in [1.54, 1.807) is 0 Å². The van der Waals surface area contributed by atoms with E-state index in [9.17, 15) is 0 Å². The average Bonchev–Trinajstić information content (AvgIpc) is 3.26. The summed E-state index contributed by atoms with van der Waals surface area (Å²) in [5, 5.41) is 9.46. The Bertz CT molecular complexity index is 1460. The highest BCUT2D eigenvalue weighted by Crippen LogP contribution is 2.31. The smallest absolute Gasteiger partial charge is 0.154 e. The Morgan fingerprint density at radius 3 is 2.48 bits per heavy atom. The number of anilines is 1. The molecule has 0 bridgehead atoms. The zero-order chi connectivity index (χ0) is 22.4. The van der Waals surface area contributed by atoms with Gasteiger partial charge in [0.15, 0.2) is 5.65 Å². The van der Waals surface area contributed by atoms with Crippen molar-refractivity contribution < 1.29 is 0 Å². The predicted molar refractivity (Wildman–Crippen MR) is 134 cm³/mol. The van der Waals surface area contributed by atoms with Crippen LogP contribution in [0.4, 0.5) is 5.69 Å². The number of benzene rings is 2. The van der Waals surface area contributed by atoms with Crippen LogP contribution >= 0.6 is 0 Å². The molecule has 4 heterocycles. The minimum Gasteiger partial charge on any atom is -0.369 e. The lowest BCUT2D eigenvalue weighted by Crippen LogP contribution is -2.43. The number of aryl methyl sites for hydroxylation is 2. The van der Waals surface area contributed by atoms with Crippen molar-refractivity contribution in [3.05, 3.63) is 78.2 Å². The van der Waals surface area contributed by atoms with Crippen LogP contribution in [0.3, 0.4) is 0 Å². The van der Waals surface area contributed by atoms with Crippen molar-refractivity contribution >= 4 is 22.2 Å². The Morgan fingerprint density at radius 1 is 0.848 bits per heavy atom. The number of hydrogen-bond acceptors (Lipinski definition) is 5. The van der Waals surface area contributed by atoms with Crippen LogP contribution in [0.1, 0.15) is 11.3 Å². The average molecular weight is 435 g/mol. The number of imidazole rings is 1. The summed E-state index contributed by atoms with van der Waals surface area (Å²) < 4.78 is 1.95. The zero-order valence-corrected chi connectivity index (χ0v) is 18.9. The number of pyridine rings is 1. The summed E-state index contributed by atoms with van der Waals surface area (Å²) >= 11 is 0. The van der Waals surface area contributed by atoms with Gasteiger partial charge in [0.1, 0.15) is 0 Å². The molecule has 1 aliphatic heterocycles. The molecule has 2 aromatic carbocycles. The quantitative estimate of drug-likeness (QED) is 0.448. The van der Waals surface area contributed by atoms with Gasteiger partial charge in [0.05, 0.1) is 23.1 Å². The molecule has 164 valence electrons. The number of nitrogens with one attached hydrogen (secondary N) is 1. The van der Waals surface area contributed by atoms with Crippen LogP contribution in [0.2, 0.25) is 0 Å². The molecular weight excluding hydrogens is 408 g/mol. The molecule has 6 heteroatoms. The normalized spacial score (nSPS) is 14.3. The maximum atomic E-state index is 4.94. The van der Waals surface area contributed by atoms with Crippen LogP contribution in [0.15, 0.2) is 67.0 Å². The molecule has 6 nitrogen and oxygen atoms in total. The molecule has 0 aliphatic carbocycles. The number of piperazine rings is 1. The zero-order valence-electron chi connectivity index (χ0n) is 18.9. The van der Waals surface area contributed by atoms with Gasteiger partial charge in [-0.15, -0.1) is 0 Å². The molecule has 1 saturated heterocycles. The van der Waals surface area contributed by atoms with Gasteiger partial charge in [0.2, 0.25) is 0 Å². The lowest BCUT2D eigenvalue weighted by molar-refractivity contribution is 0.589. The molecule has 5 aromatic rings. The molecule has 1 N–H and O–H groups in total. The van der Waals surface area contributed by atoms with Crippen LogP contribution in [-0.4, -0.2) is 45.8 Å². The Labute approximate surface area is 192 Å². The monoisotopic (exact) mass is 434 g/mol. The Kier molecular flexibility index (Phi) is 4.80. The first-order valence-electron chi connectivity index (χ1n) is 11.4. The fourth-order valence-electron chi connectivity index (χ4n) is 4.73. The van der Waals surface area contributed by atoms with Gasteiger partial charge in [0, 0.05) is 54.6 Å². The van der Waals surface area contributed by atoms with Crippen molar-refractivity contribution in [1.82, 2.24) is 24.9 Å². The first kappa shape index (κ1) is 19.9. The van der Waals surface area contributed by atoms with E-state index in [1.807, 2.05) is 23.0 Å². The van der Waals surface area contributed by atoms with Crippen LogP contribution in [-0.2, 0) is 0 Å². The summed E-state index contributed by atoms with van der Waals surface area (Å²) in [5.41, 5.74) is 9.62. The molecule has 0 saturated carbocycles. The Balaban J connectivity index is 1.40. The van der Waals surface area contributed by atoms with Crippen molar-refractivity contribution in [2.45, 2.75) is 13.8 Å². The van der Waals surface area contributed by atoms with Gasteiger partial charge < -0.3 is 10.2 Å². The predicted octanol–water partition coefficient (Wildman–Crippen LogP) is 4.64. The van der Waals surface area contributed by atoms with E-state index in [4.69, 9.17) is 10.1 Å². The van der Waals surface area contributed by atoms with Crippen molar-refractivity contribution in [2.75, 3.05) is 31.1 Å². The van der Waals surface area contributed by atoms with Gasteiger partial charge in [-0.05, 0) is 55.3 Å². The fraction of sp³-hybridized carbons (Fsp3) is 0.222. The molecule has 33 heavy (non-hydrogen) atoms. The number of hydrogen-bond donors (Lipinski definition) is 1. The molecule has 6 rings (SSSR count). The van der Waals surface area contributed by atoms with E-state index in [2.05, 4.69) is 77.6 Å². The lowest BCUT2D eigenvalue weighted by Gasteiger charge is -2.29. The summed E-state index contributed by atoms with van der Waals surface area (Å²) in [7, 11) is 0. The summed E-state index contributed by atoms with van der Waals surface area (Å²) in [6, 6.07) is 19.4. The fourth-order valence-corrected chi connectivity index (χ4v) is 4.73. The van der Waals surface area contributed by atoms with E-state index in [0.717, 1.165) is 70.8 Å². The van der Waals surface area contributed by atoms with E-state index in [-0.39, 0.29) is 0 Å². The third-order valence-corrected chi connectivity index (χ3v) is 6.51. The first-order valence-corrected chi connectivity index (χ1v) is 11.4. The molecule has 0 unspecified atom stereocenters. The molecular formula is C27H26N6. The van der Waals surface area contributed by atoms with Crippen molar-refractivity contribution in [3.8, 4) is 22.4 Å². The highest BCUT2D eigenvalue weighted by Gasteiger charge is 2.15. The highest BCUT2D eigenvalue weighted by molar-refractivity contribution is 5.94. The maximum Gasteiger partial charge on any atom is 0.154 e. The standard InChI is InChI=1S/C27H26N6/c1-18-3-8-22-23(9-10-29-25(22)15-18)26-17-30-27-16-24(19(2)31-33(26)27)20-4-6-21(7-5-20)32-13-11-28-12-14-32/h3-10,15-17,28H,11-14H2,1-2H3. The third kappa shape index (κ3) is 3.52. The minimum absolute atomic E-state index is 0.842. The second-order valence-corrected chi connectivity index (χ2v) is 8.72. The highest BCUT2D eigenvalue weighted by atomic mass is 15.3. The molecule has 0 spiro atoms. The summed E-state index contributed by atoms with van der Waals surface area (Å²) in [6.07, 6.45) is 3.77. The molecule has 3 aromatic heterocycles. The summed E-state index contributed by atoms with van der Waals surface area (Å²) in [5.74, 6) is 0. The molecule has 0 amide bonds. The van der Waals surface area contributed by atoms with Gasteiger partial charge in [-0.3, -0.25) is 4.98 Å². The number of nitrogens with zero attached hydrogens (tertiary/aromatic N) is 5. The van der Waals surface area contributed by atoms with Gasteiger partial charge in [-0.25, -0.2) is 9.50 Å². The second kappa shape index (κ2) is 7.98. The van der Waals surface area contributed by atoms with Gasteiger partial charge in [-0.1, -0.05) is 24.3 Å². The van der Waals surface area contributed by atoms with Crippen molar-refractivity contribution in [1.29, 1.82) is 0 Å². The van der Waals surface area contributed by atoms with Gasteiger partial charge in [0.25, 0.3) is 0 Å². The Hall–Kier alpha value is -3.77. The summed E-state index contributed by atoms with van der Waals surface area (Å²) in [6.45, 7) is 8.32. The molecule has 0 radical (unpaired) electrons. The third-order valence-electron chi connectivity index (χ3n) is 6.51. The van der Waals surface area contributed by atoms with Gasteiger partial charge >= 0.3 is 0 Å². The first-order chi connectivity index (χ1) is 16.2. The SMILES string of the molecule is Cc1ccc2c(-c3cnc4cc(-c5ccc(N6CCNCC6)cc5)c(C)nn34)ccnc2c1. The summed E-state index contributed by atoms with van der Waals surface area (Å²) in [4.78, 5) is 11.7. The van der Waals surface area contributed by atoms with Crippen LogP contribution < -0.4 is 10.2 Å². The number of rotatable bonds is 3. The topological polar surface area (TPSA) is 58.4 Å². The largest absolute Gasteiger partial charge is 0.369 e. The van der Waals surface area contributed by atoms with Crippen molar-refractivity contribution in [2.24, 2.45) is 0 Å². The van der Waals surface area contributed by atoms with Crippen LogP contribution in [0, 0.1) is 13.8 Å². The van der Waals surface area contributed by atoms with E-state index in [0.29, 0.717) is 0 Å². The number of aromatic nitrogens is 4. The second-order valence-electron chi connectivity index (χ2n) is 8.72. The van der Waals surface area contributed by atoms with Crippen LogP contribution in [0.5, 0.6) is 0 Å². The van der Waals surface area contributed by atoms with Gasteiger partial charge in [-0.2, -0.15) is 5.10 Å². The van der Waals surface area contributed by atoms with E-state index >= 15 is 0 Å². The van der Waals surface area contributed by atoms with Crippen molar-refractivity contribution in [3.63, 3.8) is 0 Å². The maximum absolute atomic E-state index is 4.94. The molecule has 1 aliphatic rings. The lowest BCUT2D eigenvalue weighted by atomic mass is 10.0. The minimum atomic E-state index is 0.842.